The van der Waals surface area contributed by atoms with E-state index < -0.39 is 0 Å². The number of benzene rings is 1. The van der Waals surface area contributed by atoms with Gasteiger partial charge in [-0.05, 0) is 37.9 Å². The molecule has 2 atom stereocenters. The van der Waals surface area contributed by atoms with Crippen LogP contribution >= 0.6 is 0 Å². The molecule has 4 rings (SSSR count). The van der Waals surface area contributed by atoms with Gasteiger partial charge in [0.2, 0.25) is 0 Å². The number of hydrogen-bond donors (Lipinski definition) is 1. The molecule has 0 bridgehead atoms. The summed E-state index contributed by atoms with van der Waals surface area (Å²) in [6.07, 6.45) is 1.30. The number of likely N-dealkylation sites (tertiary alicyclic amines) is 1. The Labute approximate surface area is 125 Å². The van der Waals surface area contributed by atoms with Crippen LogP contribution in [0.15, 0.2) is 40.9 Å². The second-order valence-electron chi connectivity index (χ2n) is 6.25. The van der Waals surface area contributed by atoms with Crippen molar-refractivity contribution in [1.82, 2.24) is 15.4 Å². The molecule has 2 saturated heterocycles. The predicted molar refractivity (Wildman–Crippen MR) is 81.7 cm³/mol. The van der Waals surface area contributed by atoms with Crippen molar-refractivity contribution in [3.63, 3.8) is 0 Å². The Hall–Kier alpha value is -1.65. The number of aromatic nitrogens is 1. The van der Waals surface area contributed by atoms with E-state index in [1.165, 1.54) is 32.6 Å². The highest BCUT2D eigenvalue weighted by atomic mass is 16.5. The van der Waals surface area contributed by atoms with E-state index in [2.05, 4.69) is 33.6 Å². The SMILES string of the molecule is c1ccc(-c2cc(CN3CCC4CNCC4C3)on2)cc1. The molecule has 2 fully saturated rings. The van der Waals surface area contributed by atoms with Gasteiger partial charge in [0.15, 0.2) is 5.76 Å². The van der Waals surface area contributed by atoms with E-state index in [1.54, 1.807) is 0 Å². The molecular weight excluding hydrogens is 262 g/mol. The Morgan fingerprint density at radius 2 is 2.05 bits per heavy atom. The maximum Gasteiger partial charge on any atom is 0.151 e. The summed E-state index contributed by atoms with van der Waals surface area (Å²) in [5.74, 6) is 2.67. The molecule has 2 aliphatic rings. The van der Waals surface area contributed by atoms with E-state index >= 15 is 0 Å². The molecule has 2 unspecified atom stereocenters. The molecule has 2 aliphatic heterocycles. The molecular formula is C17H21N3O. The maximum absolute atomic E-state index is 5.53. The summed E-state index contributed by atoms with van der Waals surface area (Å²) < 4.78 is 5.53. The van der Waals surface area contributed by atoms with Crippen molar-refractivity contribution in [1.29, 1.82) is 0 Å². The third-order valence-corrected chi connectivity index (χ3v) is 4.80. The summed E-state index contributed by atoms with van der Waals surface area (Å²) in [6.45, 7) is 5.61. The smallest absolute Gasteiger partial charge is 0.151 e. The molecule has 3 heterocycles. The van der Waals surface area contributed by atoms with Crippen LogP contribution in [-0.2, 0) is 6.54 Å². The number of nitrogens with one attached hydrogen (secondary N) is 1. The van der Waals surface area contributed by atoms with E-state index in [0.29, 0.717) is 0 Å². The molecule has 1 aromatic carbocycles. The maximum atomic E-state index is 5.53. The van der Waals surface area contributed by atoms with E-state index in [1.807, 2.05) is 18.2 Å². The summed E-state index contributed by atoms with van der Waals surface area (Å²) >= 11 is 0. The number of piperidine rings is 1. The lowest BCUT2D eigenvalue weighted by Gasteiger charge is -2.33. The zero-order chi connectivity index (χ0) is 14.1. The number of nitrogens with zero attached hydrogens (tertiary/aromatic N) is 2. The van der Waals surface area contributed by atoms with Gasteiger partial charge >= 0.3 is 0 Å². The minimum Gasteiger partial charge on any atom is -0.359 e. The lowest BCUT2D eigenvalue weighted by Crippen LogP contribution is -2.39. The van der Waals surface area contributed by atoms with Gasteiger partial charge in [0.1, 0.15) is 5.69 Å². The largest absolute Gasteiger partial charge is 0.359 e. The van der Waals surface area contributed by atoms with E-state index in [0.717, 1.165) is 35.4 Å². The highest BCUT2D eigenvalue weighted by Gasteiger charge is 2.32. The minimum absolute atomic E-state index is 0.815. The first-order valence-electron chi connectivity index (χ1n) is 7.82. The van der Waals surface area contributed by atoms with Crippen LogP contribution in [0.5, 0.6) is 0 Å². The van der Waals surface area contributed by atoms with Gasteiger partial charge in [0, 0.05) is 18.2 Å². The second kappa shape index (κ2) is 5.62. The molecule has 21 heavy (non-hydrogen) atoms. The van der Waals surface area contributed by atoms with Gasteiger partial charge < -0.3 is 9.84 Å². The third-order valence-electron chi connectivity index (χ3n) is 4.80. The standard InChI is InChI=1S/C17H21N3O/c1-2-4-13(5-3-1)17-8-16(21-19-17)12-20-7-6-14-9-18-10-15(14)11-20/h1-5,8,14-15,18H,6-7,9-12H2. The van der Waals surface area contributed by atoms with Gasteiger partial charge in [-0.2, -0.15) is 0 Å². The topological polar surface area (TPSA) is 41.3 Å². The predicted octanol–water partition coefficient (Wildman–Crippen LogP) is 2.38. The highest BCUT2D eigenvalue weighted by molar-refractivity contribution is 5.58. The molecule has 2 aromatic rings. The van der Waals surface area contributed by atoms with Crippen molar-refractivity contribution in [2.24, 2.45) is 11.8 Å². The fourth-order valence-corrected chi connectivity index (χ4v) is 3.61. The molecule has 0 spiro atoms. The van der Waals surface area contributed by atoms with Crippen molar-refractivity contribution in [2.45, 2.75) is 13.0 Å². The lowest BCUT2D eigenvalue weighted by atomic mass is 9.89. The first-order valence-corrected chi connectivity index (χ1v) is 7.82. The van der Waals surface area contributed by atoms with Crippen molar-refractivity contribution in [3.8, 4) is 11.3 Å². The summed E-state index contributed by atoms with van der Waals surface area (Å²) in [5, 5.41) is 7.72. The molecule has 0 radical (unpaired) electrons. The number of fused-ring (bicyclic) bond motifs is 1. The summed E-state index contributed by atoms with van der Waals surface area (Å²) in [7, 11) is 0. The van der Waals surface area contributed by atoms with Crippen LogP contribution in [0.1, 0.15) is 12.2 Å². The van der Waals surface area contributed by atoms with Gasteiger partial charge in [-0.25, -0.2) is 0 Å². The van der Waals surface area contributed by atoms with Crippen LogP contribution in [0.4, 0.5) is 0 Å². The van der Waals surface area contributed by atoms with E-state index in [-0.39, 0.29) is 0 Å². The molecule has 110 valence electrons. The van der Waals surface area contributed by atoms with Crippen LogP contribution in [0, 0.1) is 11.8 Å². The Kier molecular flexibility index (Phi) is 3.49. The Bertz CT molecular complexity index is 595. The van der Waals surface area contributed by atoms with Gasteiger partial charge in [-0.15, -0.1) is 0 Å². The lowest BCUT2D eigenvalue weighted by molar-refractivity contribution is 0.130. The zero-order valence-electron chi connectivity index (χ0n) is 12.2. The average molecular weight is 283 g/mol. The van der Waals surface area contributed by atoms with Crippen molar-refractivity contribution < 1.29 is 4.52 Å². The molecule has 0 aliphatic carbocycles. The summed E-state index contributed by atoms with van der Waals surface area (Å²) in [6, 6.07) is 12.3. The molecule has 1 aromatic heterocycles. The van der Waals surface area contributed by atoms with Crippen LogP contribution < -0.4 is 5.32 Å². The van der Waals surface area contributed by atoms with Crippen molar-refractivity contribution >= 4 is 0 Å². The number of hydrogen-bond acceptors (Lipinski definition) is 4. The first-order chi connectivity index (χ1) is 10.4. The van der Waals surface area contributed by atoms with Crippen molar-refractivity contribution in [2.75, 3.05) is 26.2 Å². The van der Waals surface area contributed by atoms with Gasteiger partial charge in [0.25, 0.3) is 0 Å². The highest BCUT2D eigenvalue weighted by Crippen LogP contribution is 2.28. The molecule has 1 N–H and O–H groups in total. The molecule has 4 nitrogen and oxygen atoms in total. The van der Waals surface area contributed by atoms with Gasteiger partial charge in [-0.3, -0.25) is 4.90 Å². The Morgan fingerprint density at radius 1 is 1.19 bits per heavy atom. The molecule has 0 amide bonds. The second-order valence-corrected chi connectivity index (χ2v) is 6.25. The quantitative estimate of drug-likeness (QED) is 0.939. The Morgan fingerprint density at radius 3 is 2.95 bits per heavy atom. The monoisotopic (exact) mass is 283 g/mol. The summed E-state index contributed by atoms with van der Waals surface area (Å²) in [4.78, 5) is 2.50. The fourth-order valence-electron chi connectivity index (χ4n) is 3.61. The normalized spacial score (nSPS) is 25.9. The third kappa shape index (κ3) is 2.74. The Balaban J connectivity index is 1.42. The van der Waals surface area contributed by atoms with Crippen LogP contribution in [0.3, 0.4) is 0 Å². The first kappa shape index (κ1) is 13.0. The number of rotatable bonds is 3. The van der Waals surface area contributed by atoms with Crippen LogP contribution in [0.25, 0.3) is 11.3 Å². The van der Waals surface area contributed by atoms with Crippen LogP contribution in [-0.4, -0.2) is 36.2 Å². The molecule has 4 heteroatoms. The minimum atomic E-state index is 0.815. The fraction of sp³-hybridized carbons (Fsp3) is 0.471. The van der Waals surface area contributed by atoms with Crippen molar-refractivity contribution in [3.05, 3.63) is 42.2 Å². The summed E-state index contributed by atoms with van der Waals surface area (Å²) in [5.41, 5.74) is 2.05. The van der Waals surface area contributed by atoms with E-state index in [9.17, 15) is 0 Å². The average Bonchev–Trinajstić information content (AvgIpc) is 3.17. The molecule has 0 saturated carbocycles. The van der Waals surface area contributed by atoms with Crippen LogP contribution in [0.2, 0.25) is 0 Å². The van der Waals surface area contributed by atoms with Gasteiger partial charge in [0.05, 0.1) is 6.54 Å². The zero-order valence-corrected chi connectivity index (χ0v) is 12.2. The van der Waals surface area contributed by atoms with E-state index in [4.69, 9.17) is 4.52 Å². The van der Waals surface area contributed by atoms with Gasteiger partial charge in [-0.1, -0.05) is 35.5 Å².